The third kappa shape index (κ3) is 3.28. The minimum absolute atomic E-state index is 0.0248. The van der Waals surface area contributed by atoms with Crippen molar-refractivity contribution in [1.82, 2.24) is 10.2 Å². The fraction of sp³-hybridized carbons (Fsp3) is 0.500. The van der Waals surface area contributed by atoms with Crippen molar-refractivity contribution in [1.29, 1.82) is 0 Å². The number of nitrogens with two attached hydrogens (primary N) is 1. The van der Waals surface area contributed by atoms with Crippen LogP contribution in [0.4, 0.5) is 16.2 Å². The molecule has 3 heterocycles. The summed E-state index contributed by atoms with van der Waals surface area (Å²) in [7, 11) is 0. The predicted octanol–water partition coefficient (Wildman–Crippen LogP) is 1.57. The maximum atomic E-state index is 13.4. The summed E-state index contributed by atoms with van der Waals surface area (Å²) in [5.41, 5.74) is 9.83. The number of nitrogen functional groups attached to an aromatic ring is 1. The van der Waals surface area contributed by atoms with E-state index < -0.39 is 0 Å². The lowest BCUT2D eigenvalue weighted by atomic mass is 10.0. The Balaban J connectivity index is 1.61. The van der Waals surface area contributed by atoms with E-state index >= 15 is 0 Å². The number of carbonyl (C=O) groups excluding carboxylic acids is 2. The molecule has 0 bridgehead atoms. The van der Waals surface area contributed by atoms with E-state index in [2.05, 4.69) is 5.32 Å². The van der Waals surface area contributed by atoms with Crippen molar-refractivity contribution < 1.29 is 19.1 Å². The summed E-state index contributed by atoms with van der Waals surface area (Å²) < 4.78 is 10.6. The number of nitrogens with zero attached hydrogens (tertiary/aromatic N) is 2. The van der Waals surface area contributed by atoms with Crippen LogP contribution in [-0.2, 0) is 14.3 Å². The second-order valence-electron chi connectivity index (χ2n) is 7.20. The summed E-state index contributed by atoms with van der Waals surface area (Å²) in [6.07, 6.45) is 1.13. The molecule has 0 atom stereocenters. The van der Waals surface area contributed by atoms with E-state index in [1.54, 1.807) is 11.8 Å². The van der Waals surface area contributed by atoms with Crippen molar-refractivity contribution in [3.05, 3.63) is 29.5 Å². The molecular formula is C20H26N4O4. The molecule has 0 aromatic heterocycles. The first-order valence-corrected chi connectivity index (χ1v) is 9.80. The van der Waals surface area contributed by atoms with Crippen LogP contribution in [0, 0.1) is 0 Å². The lowest BCUT2D eigenvalue weighted by Crippen LogP contribution is -2.48. The van der Waals surface area contributed by atoms with Gasteiger partial charge in [0.15, 0.2) is 0 Å². The van der Waals surface area contributed by atoms with Gasteiger partial charge in [0.1, 0.15) is 0 Å². The van der Waals surface area contributed by atoms with E-state index in [0.29, 0.717) is 63.6 Å². The van der Waals surface area contributed by atoms with E-state index in [-0.39, 0.29) is 18.0 Å². The summed E-state index contributed by atoms with van der Waals surface area (Å²) in [6.45, 7) is 5.02. The fourth-order valence-corrected chi connectivity index (χ4v) is 4.14. The second-order valence-corrected chi connectivity index (χ2v) is 7.20. The molecule has 0 spiro atoms. The van der Waals surface area contributed by atoms with Crippen molar-refractivity contribution in [2.45, 2.75) is 25.8 Å². The molecule has 0 aliphatic carbocycles. The van der Waals surface area contributed by atoms with E-state index in [0.717, 1.165) is 16.9 Å². The minimum Gasteiger partial charge on any atom is -0.450 e. The van der Waals surface area contributed by atoms with Gasteiger partial charge in [-0.15, -0.1) is 0 Å². The van der Waals surface area contributed by atoms with Crippen LogP contribution < -0.4 is 16.0 Å². The Hall–Kier alpha value is -2.74. The Bertz CT molecular complexity index is 806. The molecule has 3 N–H and O–H groups in total. The van der Waals surface area contributed by atoms with Crippen molar-refractivity contribution in [2.24, 2.45) is 0 Å². The van der Waals surface area contributed by atoms with Crippen LogP contribution in [0.25, 0.3) is 5.57 Å². The maximum Gasteiger partial charge on any atom is 0.409 e. The Morgan fingerprint density at radius 1 is 1.36 bits per heavy atom. The molecule has 3 aliphatic rings. The van der Waals surface area contributed by atoms with Crippen LogP contribution in [0.2, 0.25) is 0 Å². The predicted molar refractivity (Wildman–Crippen MR) is 106 cm³/mol. The zero-order valence-electron chi connectivity index (χ0n) is 16.1. The normalized spacial score (nSPS) is 22.8. The number of piperidine rings is 1. The molecule has 1 aromatic rings. The average Bonchev–Trinajstić information content (AvgIpc) is 3.00. The first-order valence-electron chi connectivity index (χ1n) is 9.80. The van der Waals surface area contributed by atoms with Gasteiger partial charge in [-0.1, -0.05) is 0 Å². The minimum atomic E-state index is -0.284. The summed E-state index contributed by atoms with van der Waals surface area (Å²) in [5.74, 6) is -0.0248. The van der Waals surface area contributed by atoms with Crippen molar-refractivity contribution in [3.63, 3.8) is 0 Å². The van der Waals surface area contributed by atoms with Gasteiger partial charge in [-0.25, -0.2) is 4.79 Å². The monoisotopic (exact) mass is 386 g/mol. The Labute approximate surface area is 164 Å². The van der Waals surface area contributed by atoms with Crippen LogP contribution in [0.1, 0.15) is 25.3 Å². The van der Waals surface area contributed by atoms with E-state index in [4.69, 9.17) is 15.2 Å². The van der Waals surface area contributed by atoms with Gasteiger partial charge in [-0.05, 0) is 38.0 Å². The van der Waals surface area contributed by atoms with Gasteiger partial charge in [0, 0.05) is 36.9 Å². The second kappa shape index (κ2) is 7.71. The topological polar surface area (TPSA) is 97.1 Å². The number of amides is 2. The molecule has 3 aliphatic heterocycles. The van der Waals surface area contributed by atoms with Crippen molar-refractivity contribution in [2.75, 3.05) is 50.1 Å². The van der Waals surface area contributed by atoms with E-state index in [1.807, 2.05) is 23.1 Å². The van der Waals surface area contributed by atoms with Crippen LogP contribution in [0.15, 0.2) is 23.9 Å². The molecule has 4 rings (SSSR count). The summed E-state index contributed by atoms with van der Waals surface area (Å²) in [5, 5.41) is 3.31. The average molecular weight is 386 g/mol. The quantitative estimate of drug-likeness (QED) is 0.592. The van der Waals surface area contributed by atoms with Crippen LogP contribution in [0.5, 0.6) is 0 Å². The zero-order chi connectivity index (χ0) is 19.7. The number of hydrogen-bond donors (Lipinski definition) is 2. The zero-order valence-corrected chi connectivity index (χ0v) is 16.1. The summed E-state index contributed by atoms with van der Waals surface area (Å²) in [6, 6.07) is 5.63. The van der Waals surface area contributed by atoms with Crippen LogP contribution in [0.3, 0.4) is 0 Å². The number of likely N-dealkylation sites (tertiary alicyclic amines) is 1. The highest BCUT2D eigenvalue weighted by molar-refractivity contribution is 6.33. The SMILES string of the molecule is CCOC(=O)N1CCC(N2C(=O)/C(=C3/COCCN3)c3cc(N)ccc32)CC1. The number of carbonyl (C=O) groups is 2. The molecule has 0 unspecified atom stereocenters. The van der Waals surface area contributed by atoms with Gasteiger partial charge >= 0.3 is 6.09 Å². The number of fused-ring (bicyclic) bond motifs is 1. The highest BCUT2D eigenvalue weighted by Gasteiger charge is 2.40. The van der Waals surface area contributed by atoms with Gasteiger partial charge in [0.25, 0.3) is 5.91 Å². The third-order valence-electron chi connectivity index (χ3n) is 5.47. The van der Waals surface area contributed by atoms with Crippen molar-refractivity contribution in [3.8, 4) is 0 Å². The van der Waals surface area contributed by atoms with Gasteiger partial charge in [0.05, 0.1) is 36.8 Å². The number of hydrogen-bond acceptors (Lipinski definition) is 6. The molecule has 2 saturated heterocycles. The molecule has 28 heavy (non-hydrogen) atoms. The number of rotatable bonds is 2. The first-order chi connectivity index (χ1) is 13.6. The Kier molecular flexibility index (Phi) is 5.13. The summed E-state index contributed by atoms with van der Waals surface area (Å²) in [4.78, 5) is 29.0. The molecule has 8 nitrogen and oxygen atoms in total. The lowest BCUT2D eigenvalue weighted by molar-refractivity contribution is -0.113. The third-order valence-corrected chi connectivity index (χ3v) is 5.47. The van der Waals surface area contributed by atoms with Crippen molar-refractivity contribution >= 4 is 28.9 Å². The number of anilines is 2. The smallest absolute Gasteiger partial charge is 0.409 e. The Morgan fingerprint density at radius 2 is 2.14 bits per heavy atom. The molecule has 0 saturated carbocycles. The Morgan fingerprint density at radius 3 is 2.82 bits per heavy atom. The molecule has 2 amide bonds. The standard InChI is InChI=1S/C20H26N4O4/c1-2-28-20(26)23-8-5-14(6-9-23)24-17-4-3-13(21)11-15(17)18(19(24)25)16-12-27-10-7-22-16/h3-4,11,14,22H,2,5-10,12,21H2,1H3/b18-16-. The molecular weight excluding hydrogens is 360 g/mol. The molecule has 1 aromatic carbocycles. The van der Waals surface area contributed by atoms with Gasteiger partial charge in [-0.3, -0.25) is 4.79 Å². The molecule has 8 heteroatoms. The van der Waals surface area contributed by atoms with Crippen LogP contribution >= 0.6 is 0 Å². The fourth-order valence-electron chi connectivity index (χ4n) is 4.14. The van der Waals surface area contributed by atoms with Gasteiger partial charge in [-0.2, -0.15) is 0 Å². The maximum absolute atomic E-state index is 13.4. The number of morpholine rings is 1. The van der Waals surface area contributed by atoms with Gasteiger partial charge < -0.3 is 30.3 Å². The first kappa shape index (κ1) is 18.6. The summed E-state index contributed by atoms with van der Waals surface area (Å²) >= 11 is 0. The van der Waals surface area contributed by atoms with E-state index in [9.17, 15) is 9.59 Å². The number of benzene rings is 1. The molecule has 0 radical (unpaired) electrons. The lowest BCUT2D eigenvalue weighted by Gasteiger charge is -2.36. The number of ether oxygens (including phenoxy) is 2. The molecule has 2 fully saturated rings. The highest BCUT2D eigenvalue weighted by atomic mass is 16.6. The largest absolute Gasteiger partial charge is 0.450 e. The molecule has 150 valence electrons. The highest BCUT2D eigenvalue weighted by Crippen LogP contribution is 2.42. The van der Waals surface area contributed by atoms with Gasteiger partial charge in [0.2, 0.25) is 0 Å². The van der Waals surface area contributed by atoms with E-state index in [1.165, 1.54) is 0 Å². The number of nitrogens with one attached hydrogen (secondary N) is 1. The van der Waals surface area contributed by atoms with Crippen LogP contribution in [-0.4, -0.2) is 62.4 Å².